The number of thiol groups is 1. The second-order valence-corrected chi connectivity index (χ2v) is 23.1. The van der Waals surface area contributed by atoms with Gasteiger partial charge in [-0.15, -0.1) is 0 Å². The van der Waals surface area contributed by atoms with Crippen LogP contribution < -0.4 is 53.6 Å². The lowest BCUT2D eigenvalue weighted by atomic mass is 9.97. The van der Waals surface area contributed by atoms with Crippen LogP contribution >= 0.6 is 24.4 Å². The van der Waals surface area contributed by atoms with Crippen molar-refractivity contribution in [1.82, 2.24) is 52.8 Å². The fourth-order valence-electron chi connectivity index (χ4n) is 8.88. The highest BCUT2D eigenvalue weighted by Crippen LogP contribution is 2.20. The van der Waals surface area contributed by atoms with Crippen molar-refractivity contribution in [3.63, 3.8) is 0 Å². The number of fused-ring (bicyclic) bond motifs is 1. The minimum Gasteiger partial charge on any atom is -0.508 e. The molecule has 3 aromatic carbocycles. The predicted molar refractivity (Wildman–Crippen MR) is 326 cm³/mol. The van der Waals surface area contributed by atoms with Crippen LogP contribution in [0.4, 0.5) is 0 Å². The van der Waals surface area contributed by atoms with Crippen LogP contribution in [0.2, 0.25) is 0 Å². The molecule has 24 nitrogen and oxygen atoms in total. The highest BCUT2D eigenvalue weighted by molar-refractivity contribution is 7.98. The van der Waals surface area contributed by atoms with E-state index in [1.807, 2.05) is 31.2 Å². The van der Waals surface area contributed by atoms with E-state index in [0.29, 0.717) is 23.3 Å². The summed E-state index contributed by atoms with van der Waals surface area (Å²) in [5, 5.41) is 53.9. The van der Waals surface area contributed by atoms with E-state index in [1.165, 1.54) is 74.1 Å². The molecule has 464 valence electrons. The fourth-order valence-corrected chi connectivity index (χ4v) is 9.61. The summed E-state index contributed by atoms with van der Waals surface area (Å²) in [5.74, 6) is -9.70. The molecule has 0 saturated heterocycles. The maximum absolute atomic E-state index is 14.4. The van der Waals surface area contributed by atoms with E-state index in [4.69, 9.17) is 5.73 Å². The molecule has 0 bridgehead atoms. The summed E-state index contributed by atoms with van der Waals surface area (Å²) in [7, 11) is 0. The third-order valence-electron chi connectivity index (χ3n) is 14.3. The molecule has 0 fully saturated rings. The molecule has 0 radical (unpaired) electrons. The first-order valence-electron chi connectivity index (χ1n) is 28.1. The fraction of sp³-hybridized carbons (Fsp3) is 0.492. The minimum absolute atomic E-state index is 0.0224. The Morgan fingerprint density at radius 1 is 0.529 bits per heavy atom. The number of aromatic hydroxyl groups is 2. The Bertz CT molecular complexity index is 2940. The predicted octanol–water partition coefficient (Wildman–Crippen LogP) is 1.46. The third kappa shape index (κ3) is 21.3. The molecule has 1 heterocycles. The van der Waals surface area contributed by atoms with Crippen LogP contribution in [0.3, 0.4) is 0 Å². The van der Waals surface area contributed by atoms with Gasteiger partial charge in [-0.2, -0.15) is 24.4 Å². The number of nitrogens with one attached hydrogen (secondary N) is 10. The molecule has 0 saturated carbocycles. The number of hydrogen-bond acceptors (Lipinski definition) is 15. The molecule has 11 atom stereocenters. The smallest absolute Gasteiger partial charge is 0.326 e. The number of benzene rings is 3. The molecule has 1 aromatic heterocycles. The van der Waals surface area contributed by atoms with Crippen LogP contribution in [-0.4, -0.2) is 158 Å². The normalized spacial score (nSPS) is 15.2. The van der Waals surface area contributed by atoms with Crippen LogP contribution in [0.1, 0.15) is 84.9 Å². The number of phenolic OH excluding ortho intramolecular Hbond substituents is 2. The van der Waals surface area contributed by atoms with Gasteiger partial charge >= 0.3 is 5.97 Å². The average molecular weight is 1220 g/mol. The summed E-state index contributed by atoms with van der Waals surface area (Å²) in [6, 6.07) is 6.63. The Morgan fingerprint density at radius 3 is 1.48 bits per heavy atom. The van der Waals surface area contributed by atoms with Crippen molar-refractivity contribution in [3.05, 3.63) is 95.7 Å². The van der Waals surface area contributed by atoms with Crippen LogP contribution in [0.25, 0.3) is 10.9 Å². The summed E-state index contributed by atoms with van der Waals surface area (Å²) in [4.78, 5) is 140. The Kier molecular flexibility index (Phi) is 27.5. The molecule has 85 heavy (non-hydrogen) atoms. The van der Waals surface area contributed by atoms with E-state index in [9.17, 15) is 63.3 Å². The second kappa shape index (κ2) is 33.6. The van der Waals surface area contributed by atoms with Crippen LogP contribution in [0.15, 0.2) is 79.0 Å². The highest BCUT2D eigenvalue weighted by Gasteiger charge is 2.37. The number of carbonyl (C=O) groups excluding carboxylic acids is 9. The number of nitrogens with two attached hydrogens (primary N) is 1. The number of thioether (sulfide) groups is 1. The number of aliphatic carboxylic acids is 1. The van der Waals surface area contributed by atoms with Crippen molar-refractivity contribution < 1.29 is 63.3 Å². The first-order valence-corrected chi connectivity index (χ1v) is 30.1. The van der Waals surface area contributed by atoms with Gasteiger partial charge in [-0.1, -0.05) is 90.4 Å². The topological polar surface area (TPSA) is 381 Å². The lowest BCUT2D eigenvalue weighted by Crippen LogP contribution is -2.62. The standard InChI is InChI=1S/C59H83N11O13S2/c1-10-32(6)49(70-52(75)41(60)27-37-28-61-42-14-12-11-13-40(37)42)58(81)67-46(29-84)55(78)65-44(25-35-15-19-38(71)20-16-35)54(77)68-48(31(4)5)57(80)69-47(30(2)3)56(79)63-34(8)50(73)64-43(23-24-85-9)53(76)62-33(7)51(74)66-45(59(82)83)26-36-17-21-39(72)22-18-36/h11-22,28,30-34,41,43-49,61,71-72,84H,10,23-27,29,60H2,1-9H3,(H,62,76)(H,63,79)(H,64,73)(H,65,78)(H,66,74)(H,67,81)(H,68,77)(H,69,80)(H,70,75)(H,82,83)/t32-,33-,34-,41-,43-,44-,45-,46-,47-,48-,49-/m0/s1. The summed E-state index contributed by atoms with van der Waals surface area (Å²) in [6.07, 6.45) is 4.03. The van der Waals surface area contributed by atoms with Crippen molar-refractivity contribution in [2.24, 2.45) is 23.5 Å². The van der Waals surface area contributed by atoms with Gasteiger partial charge < -0.3 is 73.9 Å². The Morgan fingerprint density at radius 2 is 0.965 bits per heavy atom. The largest absolute Gasteiger partial charge is 0.508 e. The summed E-state index contributed by atoms with van der Waals surface area (Å²) < 4.78 is 0. The van der Waals surface area contributed by atoms with Crippen LogP contribution in [-0.2, 0) is 67.2 Å². The quantitative estimate of drug-likeness (QED) is 0.0300. The summed E-state index contributed by atoms with van der Waals surface area (Å²) in [6.45, 7) is 12.9. The van der Waals surface area contributed by atoms with E-state index in [1.54, 1.807) is 47.1 Å². The molecular formula is C59H83N11O13S2. The molecular weight excluding hydrogens is 1130 g/mol. The minimum atomic E-state index is -1.39. The number of phenols is 2. The molecule has 0 unspecified atom stereocenters. The van der Waals surface area contributed by atoms with E-state index < -0.39 is 137 Å². The molecule has 0 aliphatic carbocycles. The van der Waals surface area contributed by atoms with Gasteiger partial charge in [0, 0.05) is 35.7 Å². The molecule has 0 aliphatic heterocycles. The second-order valence-electron chi connectivity index (χ2n) is 21.8. The van der Waals surface area contributed by atoms with Crippen molar-refractivity contribution in [2.75, 3.05) is 17.8 Å². The maximum atomic E-state index is 14.4. The van der Waals surface area contributed by atoms with Gasteiger partial charge in [0.15, 0.2) is 0 Å². The molecule has 4 aromatic rings. The zero-order chi connectivity index (χ0) is 63.2. The van der Waals surface area contributed by atoms with Gasteiger partial charge in [-0.05, 0) is 103 Å². The van der Waals surface area contributed by atoms with Crippen molar-refractivity contribution in [1.29, 1.82) is 0 Å². The molecule has 9 amide bonds. The van der Waals surface area contributed by atoms with Crippen molar-refractivity contribution in [2.45, 2.75) is 148 Å². The molecule has 0 spiro atoms. The first kappa shape index (κ1) is 69.7. The number of aromatic amines is 1. The molecule has 0 aliphatic rings. The number of rotatable bonds is 33. The van der Waals surface area contributed by atoms with E-state index >= 15 is 0 Å². The van der Waals surface area contributed by atoms with Gasteiger partial charge in [-0.3, -0.25) is 43.2 Å². The summed E-state index contributed by atoms with van der Waals surface area (Å²) in [5.41, 5.74) is 9.08. The zero-order valence-electron chi connectivity index (χ0n) is 49.3. The number of hydrogen-bond donors (Lipinski definition) is 15. The lowest BCUT2D eigenvalue weighted by Gasteiger charge is -2.30. The first-order chi connectivity index (χ1) is 40.2. The van der Waals surface area contributed by atoms with Crippen LogP contribution in [0.5, 0.6) is 11.5 Å². The van der Waals surface area contributed by atoms with Gasteiger partial charge in [-0.25, -0.2) is 4.79 Å². The number of aromatic nitrogens is 1. The van der Waals surface area contributed by atoms with Gasteiger partial charge in [0.1, 0.15) is 65.9 Å². The van der Waals surface area contributed by atoms with E-state index in [-0.39, 0.29) is 42.9 Å². The zero-order valence-corrected chi connectivity index (χ0v) is 51.0. The third-order valence-corrected chi connectivity index (χ3v) is 15.3. The highest BCUT2D eigenvalue weighted by atomic mass is 32.2. The lowest BCUT2D eigenvalue weighted by molar-refractivity contribution is -0.142. The average Bonchev–Trinajstić information content (AvgIpc) is 4.18. The number of carbonyl (C=O) groups is 10. The molecule has 4 rings (SSSR count). The Labute approximate surface area is 504 Å². The van der Waals surface area contributed by atoms with Crippen LogP contribution in [0, 0.1) is 17.8 Å². The Balaban J connectivity index is 1.43. The molecule has 26 heteroatoms. The Hall–Kier alpha value is -7.84. The summed E-state index contributed by atoms with van der Waals surface area (Å²) >= 11 is 5.73. The SMILES string of the molecule is CC[C@H](C)[C@H](NC(=O)[C@@H](N)Cc1c[nH]c2ccccc12)C(=O)N[C@@H](CS)C(=O)N[C@@H](Cc1ccc(O)cc1)C(=O)N[C@H](C(=O)N[C@H](C(=O)N[C@@H](C)C(=O)N[C@@H](CCSC)C(=O)N[C@@H](C)C(=O)N[C@@H](Cc1ccc(O)cc1)C(=O)O)C(C)C)C(C)C. The monoisotopic (exact) mass is 1220 g/mol. The van der Waals surface area contributed by atoms with Gasteiger partial charge in [0.2, 0.25) is 53.2 Å². The number of carboxylic acids is 1. The van der Waals surface area contributed by atoms with E-state index in [0.717, 1.165) is 16.5 Å². The van der Waals surface area contributed by atoms with Gasteiger partial charge in [0.25, 0.3) is 0 Å². The molecule has 15 N–H and O–H groups in total. The number of amides is 9. The number of H-pyrrole nitrogens is 1. The van der Waals surface area contributed by atoms with E-state index in [2.05, 4.69) is 65.5 Å². The number of carboxylic acid groups (broad SMARTS) is 1. The number of para-hydroxylation sites is 1. The van der Waals surface area contributed by atoms with Crippen molar-refractivity contribution in [3.8, 4) is 11.5 Å². The van der Waals surface area contributed by atoms with Gasteiger partial charge in [0.05, 0.1) is 6.04 Å². The maximum Gasteiger partial charge on any atom is 0.326 e. The van der Waals surface area contributed by atoms with Crippen molar-refractivity contribution >= 4 is 94.4 Å².